The van der Waals surface area contributed by atoms with E-state index in [1.807, 2.05) is 13.8 Å². The topological polar surface area (TPSA) is 18.5 Å². The highest BCUT2D eigenvalue weighted by atomic mass is 28.2. The monoisotopic (exact) mass is 358 g/mol. The maximum absolute atomic E-state index is 5.71. The summed E-state index contributed by atoms with van der Waals surface area (Å²) in [5, 5.41) is 8.94. The third-order valence-electron chi connectivity index (χ3n) is 4.58. The first-order valence-electron chi connectivity index (χ1n) is 9.13. The average Bonchev–Trinajstić information content (AvgIpc) is 2.65. The van der Waals surface area contributed by atoms with Crippen LogP contribution >= 0.6 is 0 Å². The molecule has 0 aliphatic carbocycles. The van der Waals surface area contributed by atoms with Crippen molar-refractivity contribution in [1.29, 1.82) is 0 Å². The van der Waals surface area contributed by atoms with Crippen LogP contribution < -0.4 is 5.19 Å². The SMILES string of the molecule is CCOC(OCC)[Si]c1ccc2cc3cc4ccccc4cc3cc2c1. The molecule has 4 aromatic carbocycles. The highest BCUT2D eigenvalue weighted by molar-refractivity contribution is 6.54. The van der Waals surface area contributed by atoms with Crippen LogP contribution in [0.5, 0.6) is 0 Å². The lowest BCUT2D eigenvalue weighted by atomic mass is 10.00. The summed E-state index contributed by atoms with van der Waals surface area (Å²) in [7, 11) is 0.490. The van der Waals surface area contributed by atoms with Gasteiger partial charge >= 0.3 is 0 Å². The fourth-order valence-electron chi connectivity index (χ4n) is 3.35. The van der Waals surface area contributed by atoms with E-state index in [9.17, 15) is 0 Å². The van der Waals surface area contributed by atoms with Crippen LogP contribution in [0, 0.1) is 0 Å². The van der Waals surface area contributed by atoms with Crippen LogP contribution in [0.3, 0.4) is 0 Å². The molecule has 0 saturated heterocycles. The fraction of sp³-hybridized carbons (Fsp3) is 0.217. The summed E-state index contributed by atoms with van der Waals surface area (Å²) < 4.78 is 11.4. The highest BCUT2D eigenvalue weighted by Gasteiger charge is 2.11. The standard InChI is InChI=1S/C23H22O2Si/c1-3-24-23(25-4-2)26-22-10-9-18-13-19-11-16-7-5-6-8-17(16)12-20(19)14-21(18)15-22/h5-15,23H,3-4H2,1-2H3. The van der Waals surface area contributed by atoms with Crippen LogP contribution in [0.15, 0.2) is 66.7 Å². The van der Waals surface area contributed by atoms with Crippen LogP contribution in [0.2, 0.25) is 0 Å². The molecule has 0 fully saturated rings. The first kappa shape index (κ1) is 17.2. The smallest absolute Gasteiger partial charge is 0.157 e. The first-order chi connectivity index (χ1) is 12.8. The number of hydrogen-bond acceptors (Lipinski definition) is 2. The van der Waals surface area contributed by atoms with E-state index in [0.717, 1.165) is 0 Å². The summed E-state index contributed by atoms with van der Waals surface area (Å²) in [6.07, 6.45) is 0. The molecule has 0 N–H and O–H groups in total. The lowest BCUT2D eigenvalue weighted by molar-refractivity contribution is -0.0817. The van der Waals surface area contributed by atoms with Gasteiger partial charge < -0.3 is 9.47 Å². The van der Waals surface area contributed by atoms with E-state index < -0.39 is 0 Å². The van der Waals surface area contributed by atoms with E-state index in [1.54, 1.807) is 0 Å². The summed E-state index contributed by atoms with van der Waals surface area (Å²) in [5.74, 6) is -0.146. The molecule has 2 radical (unpaired) electrons. The molecule has 2 nitrogen and oxygen atoms in total. The summed E-state index contributed by atoms with van der Waals surface area (Å²) in [4.78, 5) is 0. The quantitative estimate of drug-likeness (QED) is 0.279. The van der Waals surface area contributed by atoms with Crippen molar-refractivity contribution in [2.75, 3.05) is 13.2 Å². The predicted molar refractivity (Wildman–Crippen MR) is 111 cm³/mol. The molecule has 0 heterocycles. The molecule has 0 aromatic heterocycles. The van der Waals surface area contributed by atoms with E-state index in [4.69, 9.17) is 9.47 Å². The summed E-state index contributed by atoms with van der Waals surface area (Å²) in [6.45, 7) is 5.35. The Morgan fingerprint density at radius 3 is 1.73 bits per heavy atom. The second-order valence-electron chi connectivity index (χ2n) is 6.35. The van der Waals surface area contributed by atoms with Crippen molar-refractivity contribution in [3.63, 3.8) is 0 Å². The van der Waals surface area contributed by atoms with Gasteiger partial charge in [0.15, 0.2) is 9.52 Å². The minimum atomic E-state index is -0.146. The zero-order valence-electron chi connectivity index (χ0n) is 15.2. The molecule has 0 amide bonds. The van der Waals surface area contributed by atoms with Gasteiger partial charge in [-0.25, -0.2) is 0 Å². The van der Waals surface area contributed by atoms with Crippen LogP contribution in [-0.2, 0) is 9.47 Å². The van der Waals surface area contributed by atoms with Gasteiger partial charge in [0, 0.05) is 13.2 Å². The number of rotatable bonds is 6. The fourth-order valence-corrected chi connectivity index (χ4v) is 4.54. The molecule has 26 heavy (non-hydrogen) atoms. The van der Waals surface area contributed by atoms with E-state index in [0.29, 0.717) is 22.7 Å². The molecule has 0 atom stereocenters. The third-order valence-corrected chi connectivity index (χ3v) is 5.79. The van der Waals surface area contributed by atoms with Gasteiger partial charge in [-0.3, -0.25) is 0 Å². The number of fused-ring (bicyclic) bond motifs is 3. The average molecular weight is 359 g/mol. The van der Waals surface area contributed by atoms with Crippen LogP contribution in [0.1, 0.15) is 13.8 Å². The molecule has 0 aliphatic heterocycles. The highest BCUT2D eigenvalue weighted by Crippen LogP contribution is 2.27. The molecule has 0 aliphatic rings. The Kier molecular flexibility index (Phi) is 5.02. The Bertz CT molecular complexity index is 1050. The van der Waals surface area contributed by atoms with Crippen molar-refractivity contribution in [2.24, 2.45) is 0 Å². The van der Waals surface area contributed by atoms with Crippen LogP contribution in [0.25, 0.3) is 32.3 Å². The van der Waals surface area contributed by atoms with Crippen molar-refractivity contribution >= 4 is 47.0 Å². The normalized spacial score (nSPS) is 11.8. The zero-order chi connectivity index (χ0) is 17.9. The third kappa shape index (κ3) is 3.51. The van der Waals surface area contributed by atoms with Gasteiger partial charge in [0.1, 0.15) is 5.91 Å². The van der Waals surface area contributed by atoms with Gasteiger partial charge in [0.25, 0.3) is 0 Å². The Morgan fingerprint density at radius 2 is 1.15 bits per heavy atom. The molecule has 0 bridgehead atoms. The minimum absolute atomic E-state index is 0.146. The summed E-state index contributed by atoms with van der Waals surface area (Å²) in [6, 6.07) is 24.3. The molecule has 0 unspecified atom stereocenters. The maximum Gasteiger partial charge on any atom is 0.157 e. The van der Waals surface area contributed by atoms with E-state index >= 15 is 0 Å². The maximum atomic E-state index is 5.71. The van der Waals surface area contributed by atoms with Gasteiger partial charge in [0.2, 0.25) is 0 Å². The molecular weight excluding hydrogens is 336 g/mol. The van der Waals surface area contributed by atoms with Crippen LogP contribution in [-0.4, -0.2) is 28.6 Å². The molecule has 0 spiro atoms. The van der Waals surface area contributed by atoms with E-state index in [1.165, 1.54) is 37.5 Å². The molecule has 130 valence electrons. The van der Waals surface area contributed by atoms with E-state index in [-0.39, 0.29) is 5.91 Å². The van der Waals surface area contributed by atoms with Gasteiger partial charge in [-0.1, -0.05) is 47.7 Å². The van der Waals surface area contributed by atoms with Gasteiger partial charge in [-0.15, -0.1) is 0 Å². The Hall–Kier alpha value is -2.20. The van der Waals surface area contributed by atoms with Crippen molar-refractivity contribution in [2.45, 2.75) is 19.8 Å². The molecule has 4 aromatic rings. The molecule has 4 rings (SSSR count). The lowest BCUT2D eigenvalue weighted by Gasteiger charge is -2.16. The van der Waals surface area contributed by atoms with Crippen molar-refractivity contribution in [3.05, 3.63) is 66.7 Å². The Morgan fingerprint density at radius 1 is 0.654 bits per heavy atom. The molecule has 3 heteroatoms. The summed E-state index contributed by atoms with van der Waals surface area (Å²) in [5.41, 5.74) is 0. The van der Waals surface area contributed by atoms with Crippen molar-refractivity contribution in [1.82, 2.24) is 0 Å². The second kappa shape index (κ2) is 7.58. The second-order valence-corrected chi connectivity index (χ2v) is 7.69. The minimum Gasteiger partial charge on any atom is -0.357 e. The molecule has 0 saturated carbocycles. The molecular formula is C23H22O2Si. The predicted octanol–water partition coefficient (Wildman–Crippen LogP) is 4.83. The largest absolute Gasteiger partial charge is 0.357 e. The van der Waals surface area contributed by atoms with Gasteiger partial charge in [-0.05, 0) is 70.4 Å². The summed E-state index contributed by atoms with van der Waals surface area (Å²) >= 11 is 0. The zero-order valence-corrected chi connectivity index (χ0v) is 16.2. The van der Waals surface area contributed by atoms with Gasteiger partial charge in [-0.2, -0.15) is 0 Å². The van der Waals surface area contributed by atoms with E-state index in [2.05, 4.69) is 66.7 Å². The number of benzene rings is 4. The van der Waals surface area contributed by atoms with Gasteiger partial charge in [0.05, 0.1) is 0 Å². The van der Waals surface area contributed by atoms with Crippen molar-refractivity contribution in [3.8, 4) is 0 Å². The number of ether oxygens (including phenoxy) is 2. The van der Waals surface area contributed by atoms with Crippen LogP contribution in [0.4, 0.5) is 0 Å². The Labute approximate surface area is 156 Å². The number of hydrogen-bond donors (Lipinski definition) is 0. The Balaban J connectivity index is 1.74. The lowest BCUT2D eigenvalue weighted by Crippen LogP contribution is -2.33. The van der Waals surface area contributed by atoms with Crippen molar-refractivity contribution < 1.29 is 9.47 Å². The first-order valence-corrected chi connectivity index (χ1v) is 10.2.